The fourth-order valence-electron chi connectivity index (χ4n) is 2.82. The predicted molar refractivity (Wildman–Crippen MR) is 103 cm³/mol. The molecule has 2 rings (SSSR count). The third-order valence-corrected chi connectivity index (χ3v) is 5.28. The van der Waals surface area contributed by atoms with Crippen LogP contribution in [0.5, 0.6) is 0 Å². The molecule has 26 heavy (non-hydrogen) atoms. The van der Waals surface area contributed by atoms with Crippen molar-refractivity contribution in [2.24, 2.45) is 11.1 Å². The Balaban J connectivity index is 1.87. The van der Waals surface area contributed by atoms with E-state index in [0.29, 0.717) is 12.0 Å². The number of hydrogen-bond acceptors (Lipinski definition) is 3. The molecule has 1 amide bonds. The number of nitrogens with two attached hydrogens (primary N) is 1. The number of hydrogen-bond donors (Lipinski definition) is 2. The van der Waals surface area contributed by atoms with Crippen LogP contribution in [0.3, 0.4) is 0 Å². The average molecular weight is 375 g/mol. The molecule has 0 aromatic heterocycles. The molecule has 0 bridgehead atoms. The van der Waals surface area contributed by atoms with Gasteiger partial charge in [0.05, 0.1) is 10.9 Å². The first kappa shape index (κ1) is 20.1. The van der Waals surface area contributed by atoms with Gasteiger partial charge < -0.3 is 5.32 Å². The Hall–Kier alpha value is -2.18. The maximum absolute atomic E-state index is 12.3. The third-order valence-electron chi connectivity index (χ3n) is 4.37. The molecule has 0 radical (unpaired) electrons. The molecule has 0 saturated carbocycles. The summed E-state index contributed by atoms with van der Waals surface area (Å²) in [6.07, 6.45) is 2.32. The van der Waals surface area contributed by atoms with Gasteiger partial charge in [-0.2, -0.15) is 0 Å². The van der Waals surface area contributed by atoms with Crippen LogP contribution in [0.25, 0.3) is 0 Å². The minimum Gasteiger partial charge on any atom is -0.350 e. The molecule has 2 aromatic rings. The molecule has 0 aliphatic carbocycles. The Morgan fingerprint density at radius 2 is 1.77 bits per heavy atom. The van der Waals surface area contributed by atoms with Gasteiger partial charge in [-0.1, -0.05) is 49.4 Å². The molecule has 140 valence electrons. The van der Waals surface area contributed by atoms with Crippen LogP contribution < -0.4 is 10.5 Å². The minimum atomic E-state index is -3.75. The highest BCUT2D eigenvalue weighted by Gasteiger charge is 2.15. The fourth-order valence-corrected chi connectivity index (χ4v) is 3.39. The molecule has 2 atom stereocenters. The van der Waals surface area contributed by atoms with Crippen molar-refractivity contribution in [1.82, 2.24) is 5.32 Å². The Bertz CT molecular complexity index is 835. The van der Waals surface area contributed by atoms with E-state index >= 15 is 0 Å². The first-order valence-corrected chi connectivity index (χ1v) is 10.3. The number of rotatable bonds is 8. The molecular formula is C20H26N2O3S. The van der Waals surface area contributed by atoms with Crippen LogP contribution in [0.15, 0.2) is 59.5 Å². The highest BCUT2D eigenvalue weighted by atomic mass is 32.2. The van der Waals surface area contributed by atoms with E-state index in [1.807, 2.05) is 25.1 Å². The van der Waals surface area contributed by atoms with Gasteiger partial charge in [0.1, 0.15) is 0 Å². The number of benzene rings is 2. The van der Waals surface area contributed by atoms with E-state index in [1.54, 1.807) is 12.1 Å². The monoisotopic (exact) mass is 374 g/mol. The SMILES string of the molecule is C[C@H](CCc1ccccc1)CC(=O)N[C@@H](C)c1cccc(S(N)(=O)=O)c1. The number of sulfonamides is 1. The van der Waals surface area contributed by atoms with E-state index < -0.39 is 10.0 Å². The largest absolute Gasteiger partial charge is 0.350 e. The molecule has 0 aliphatic rings. The summed E-state index contributed by atoms with van der Waals surface area (Å²) in [5.41, 5.74) is 1.98. The number of amides is 1. The summed E-state index contributed by atoms with van der Waals surface area (Å²) in [7, 11) is -3.75. The van der Waals surface area contributed by atoms with Crippen molar-refractivity contribution in [3.63, 3.8) is 0 Å². The summed E-state index contributed by atoms with van der Waals surface area (Å²) in [5, 5.41) is 8.09. The van der Waals surface area contributed by atoms with E-state index in [9.17, 15) is 13.2 Å². The highest BCUT2D eigenvalue weighted by Crippen LogP contribution is 2.18. The molecule has 0 aliphatic heterocycles. The summed E-state index contributed by atoms with van der Waals surface area (Å²) < 4.78 is 22.9. The lowest BCUT2D eigenvalue weighted by Gasteiger charge is -2.17. The lowest BCUT2D eigenvalue weighted by Crippen LogP contribution is -2.28. The lowest BCUT2D eigenvalue weighted by molar-refractivity contribution is -0.122. The van der Waals surface area contributed by atoms with Gasteiger partial charge in [0, 0.05) is 6.42 Å². The zero-order chi connectivity index (χ0) is 19.2. The molecule has 0 fully saturated rings. The van der Waals surface area contributed by atoms with E-state index in [0.717, 1.165) is 12.8 Å². The molecule has 2 aromatic carbocycles. The standard InChI is InChI=1S/C20H26N2O3S/c1-15(11-12-17-7-4-3-5-8-17)13-20(23)22-16(2)18-9-6-10-19(14-18)26(21,24)25/h3-10,14-16H,11-13H2,1-2H3,(H,22,23)(H2,21,24,25)/t15-,16+/m1/s1. The molecule has 0 spiro atoms. The normalized spacial score (nSPS) is 13.8. The van der Waals surface area contributed by atoms with Crippen molar-refractivity contribution >= 4 is 15.9 Å². The van der Waals surface area contributed by atoms with Crippen molar-refractivity contribution in [3.05, 3.63) is 65.7 Å². The number of carbonyl (C=O) groups excluding carboxylic acids is 1. The highest BCUT2D eigenvalue weighted by molar-refractivity contribution is 7.89. The summed E-state index contributed by atoms with van der Waals surface area (Å²) in [5.74, 6) is 0.220. The van der Waals surface area contributed by atoms with E-state index in [2.05, 4.69) is 24.4 Å². The third kappa shape index (κ3) is 6.28. The second-order valence-electron chi connectivity index (χ2n) is 6.74. The van der Waals surface area contributed by atoms with E-state index in [-0.39, 0.29) is 22.8 Å². The maximum atomic E-state index is 12.3. The first-order valence-electron chi connectivity index (χ1n) is 8.71. The van der Waals surface area contributed by atoms with Crippen molar-refractivity contribution in [3.8, 4) is 0 Å². The van der Waals surface area contributed by atoms with Gasteiger partial charge >= 0.3 is 0 Å². The zero-order valence-electron chi connectivity index (χ0n) is 15.2. The number of aryl methyl sites for hydroxylation is 1. The van der Waals surface area contributed by atoms with Crippen LogP contribution in [0.2, 0.25) is 0 Å². The van der Waals surface area contributed by atoms with Gasteiger partial charge in [0.25, 0.3) is 0 Å². The van der Waals surface area contributed by atoms with Gasteiger partial charge in [0.2, 0.25) is 15.9 Å². The first-order chi connectivity index (χ1) is 12.3. The lowest BCUT2D eigenvalue weighted by atomic mass is 9.97. The minimum absolute atomic E-state index is 0.0425. The van der Waals surface area contributed by atoms with Crippen LogP contribution in [0.4, 0.5) is 0 Å². The Morgan fingerprint density at radius 3 is 2.42 bits per heavy atom. The summed E-state index contributed by atoms with van der Waals surface area (Å²) >= 11 is 0. The number of nitrogens with one attached hydrogen (secondary N) is 1. The van der Waals surface area contributed by atoms with E-state index in [1.165, 1.54) is 17.7 Å². The summed E-state index contributed by atoms with van der Waals surface area (Å²) in [6, 6.07) is 16.3. The van der Waals surface area contributed by atoms with Crippen molar-refractivity contribution in [2.75, 3.05) is 0 Å². The van der Waals surface area contributed by atoms with Gasteiger partial charge in [-0.05, 0) is 48.9 Å². The number of carbonyl (C=O) groups is 1. The molecular weight excluding hydrogens is 348 g/mol. The Morgan fingerprint density at radius 1 is 1.08 bits per heavy atom. The second kappa shape index (κ2) is 8.96. The quantitative estimate of drug-likeness (QED) is 0.744. The average Bonchev–Trinajstić information content (AvgIpc) is 2.60. The van der Waals surface area contributed by atoms with Crippen molar-refractivity contribution in [1.29, 1.82) is 0 Å². The fraction of sp³-hybridized carbons (Fsp3) is 0.350. The molecule has 5 nitrogen and oxygen atoms in total. The van der Waals surface area contributed by atoms with Gasteiger partial charge in [0.15, 0.2) is 0 Å². The zero-order valence-corrected chi connectivity index (χ0v) is 16.0. The van der Waals surface area contributed by atoms with Gasteiger partial charge in [-0.3, -0.25) is 4.79 Å². The van der Waals surface area contributed by atoms with Gasteiger partial charge in [-0.25, -0.2) is 13.6 Å². The molecule has 0 heterocycles. The predicted octanol–water partition coefficient (Wildman–Crippen LogP) is 3.17. The van der Waals surface area contributed by atoms with Crippen LogP contribution in [-0.4, -0.2) is 14.3 Å². The smallest absolute Gasteiger partial charge is 0.238 e. The molecule has 0 saturated heterocycles. The molecule has 0 unspecified atom stereocenters. The van der Waals surface area contributed by atoms with Crippen molar-refractivity contribution in [2.45, 2.75) is 44.0 Å². The van der Waals surface area contributed by atoms with Crippen molar-refractivity contribution < 1.29 is 13.2 Å². The Kier molecular flexibility index (Phi) is 6.94. The van der Waals surface area contributed by atoms with Crippen LogP contribution in [-0.2, 0) is 21.2 Å². The maximum Gasteiger partial charge on any atom is 0.238 e. The number of primary sulfonamides is 1. The van der Waals surface area contributed by atoms with Crippen LogP contribution >= 0.6 is 0 Å². The molecule has 6 heteroatoms. The van der Waals surface area contributed by atoms with Crippen LogP contribution in [0.1, 0.15) is 43.9 Å². The topological polar surface area (TPSA) is 89.3 Å². The Labute approximate surface area is 155 Å². The van der Waals surface area contributed by atoms with Gasteiger partial charge in [-0.15, -0.1) is 0 Å². The summed E-state index contributed by atoms with van der Waals surface area (Å²) in [6.45, 7) is 3.89. The second-order valence-corrected chi connectivity index (χ2v) is 8.30. The summed E-state index contributed by atoms with van der Waals surface area (Å²) in [4.78, 5) is 12.3. The molecule has 3 N–H and O–H groups in total. The van der Waals surface area contributed by atoms with E-state index in [4.69, 9.17) is 5.14 Å². The van der Waals surface area contributed by atoms with Crippen LogP contribution in [0, 0.1) is 5.92 Å².